The highest BCUT2D eigenvalue weighted by Crippen LogP contribution is 2.50. The van der Waals surface area contributed by atoms with Crippen molar-refractivity contribution in [3.63, 3.8) is 0 Å². The van der Waals surface area contributed by atoms with Crippen LogP contribution in [0.15, 0.2) is 59.1 Å². The van der Waals surface area contributed by atoms with Crippen molar-refractivity contribution in [1.82, 2.24) is 9.88 Å². The molecule has 150 valence electrons. The van der Waals surface area contributed by atoms with Crippen molar-refractivity contribution in [3.8, 4) is 11.3 Å². The number of hydrogen-bond acceptors (Lipinski definition) is 4. The maximum absolute atomic E-state index is 14.0. The number of rotatable bonds is 4. The Balaban J connectivity index is 1.32. The number of furan rings is 1. The molecule has 29 heavy (non-hydrogen) atoms. The van der Waals surface area contributed by atoms with Crippen LogP contribution < -0.4 is 0 Å². The van der Waals surface area contributed by atoms with Gasteiger partial charge in [-0.1, -0.05) is 18.2 Å². The Kier molecular flexibility index (Phi) is 4.52. The van der Waals surface area contributed by atoms with Gasteiger partial charge in [-0.25, -0.2) is 4.39 Å². The van der Waals surface area contributed by atoms with Gasteiger partial charge >= 0.3 is 0 Å². The molecule has 1 saturated heterocycles. The zero-order chi connectivity index (χ0) is 20.0. The summed E-state index contributed by atoms with van der Waals surface area (Å²) in [4.78, 5) is 6.86. The lowest BCUT2D eigenvalue weighted by atomic mass is 9.83. The van der Waals surface area contributed by atoms with E-state index in [1.54, 1.807) is 18.3 Å². The molecule has 1 N–H and O–H groups in total. The molecule has 1 saturated carbocycles. The first-order valence-electron chi connectivity index (χ1n) is 10.2. The van der Waals surface area contributed by atoms with Crippen molar-refractivity contribution < 1.29 is 13.9 Å². The van der Waals surface area contributed by atoms with Gasteiger partial charge in [-0.05, 0) is 61.6 Å². The summed E-state index contributed by atoms with van der Waals surface area (Å²) < 4.78 is 20.0. The van der Waals surface area contributed by atoms with Gasteiger partial charge in [0.2, 0.25) is 0 Å². The van der Waals surface area contributed by atoms with Crippen molar-refractivity contribution in [3.05, 3.63) is 77.6 Å². The van der Waals surface area contributed by atoms with Gasteiger partial charge in [0.05, 0.1) is 17.8 Å². The summed E-state index contributed by atoms with van der Waals surface area (Å²) in [5.74, 6) is 1.73. The number of hydrogen-bond donors (Lipinski definition) is 1. The number of aliphatic hydroxyl groups is 1. The van der Waals surface area contributed by atoms with Crippen LogP contribution in [0.3, 0.4) is 0 Å². The Morgan fingerprint density at radius 1 is 1.17 bits per heavy atom. The number of nitrogens with zero attached hydrogens (tertiary/aromatic N) is 2. The topological polar surface area (TPSA) is 49.5 Å². The molecule has 5 heteroatoms. The van der Waals surface area contributed by atoms with Gasteiger partial charge in [0.1, 0.15) is 22.9 Å². The summed E-state index contributed by atoms with van der Waals surface area (Å²) in [6.45, 7) is 4.44. The number of benzene rings is 1. The van der Waals surface area contributed by atoms with Crippen molar-refractivity contribution in [2.24, 2.45) is 11.8 Å². The lowest BCUT2D eigenvalue weighted by molar-refractivity contribution is -0.0116. The van der Waals surface area contributed by atoms with E-state index >= 15 is 0 Å². The molecule has 1 aliphatic carbocycles. The second kappa shape index (κ2) is 7.08. The Hall–Kier alpha value is -2.50. The maximum atomic E-state index is 14.0. The normalized spacial score (nSPS) is 26.7. The number of aryl methyl sites for hydroxylation is 1. The fraction of sp³-hybridized carbons (Fsp3) is 0.375. The minimum Gasteiger partial charge on any atom is -0.460 e. The molecule has 5 rings (SSSR count). The summed E-state index contributed by atoms with van der Waals surface area (Å²) in [6, 6.07) is 14.3. The lowest BCUT2D eigenvalue weighted by Gasteiger charge is -2.30. The first-order valence-corrected chi connectivity index (χ1v) is 10.2. The third-order valence-corrected chi connectivity index (χ3v) is 6.63. The van der Waals surface area contributed by atoms with Crippen LogP contribution in [0, 0.1) is 24.6 Å². The van der Waals surface area contributed by atoms with Gasteiger partial charge in [0.25, 0.3) is 0 Å². The standard InChI is InChI=1S/C24H25FN2O2/c1-16-5-4-12-26-23(16)24(28)11-10-17-13-27(15-20(17)24)14-18-8-9-22(29-18)19-6-2-3-7-21(19)25/h2-9,12,17,20,28H,10-11,13-15H2,1H3/t17-,20+,24-/m0/s1. The highest BCUT2D eigenvalue weighted by molar-refractivity contribution is 5.58. The molecule has 0 spiro atoms. The van der Waals surface area contributed by atoms with Crippen molar-refractivity contribution in [1.29, 1.82) is 0 Å². The highest BCUT2D eigenvalue weighted by Gasteiger charge is 2.53. The van der Waals surface area contributed by atoms with Gasteiger partial charge in [0.15, 0.2) is 0 Å². The summed E-state index contributed by atoms with van der Waals surface area (Å²) in [5.41, 5.74) is 1.51. The molecule has 0 radical (unpaired) electrons. The second-order valence-electron chi connectivity index (χ2n) is 8.44. The van der Waals surface area contributed by atoms with Gasteiger partial charge in [-0.2, -0.15) is 0 Å². The summed E-state index contributed by atoms with van der Waals surface area (Å²) in [5, 5.41) is 11.5. The van der Waals surface area contributed by atoms with Crippen LogP contribution in [0.4, 0.5) is 4.39 Å². The Morgan fingerprint density at radius 3 is 2.86 bits per heavy atom. The van der Waals surface area contributed by atoms with Gasteiger partial charge in [-0.15, -0.1) is 0 Å². The Labute approximate surface area is 170 Å². The third kappa shape index (κ3) is 3.18. The molecule has 3 heterocycles. The molecule has 1 aliphatic heterocycles. The number of aromatic nitrogens is 1. The van der Waals surface area contributed by atoms with Crippen LogP contribution in [0.25, 0.3) is 11.3 Å². The van der Waals surface area contributed by atoms with E-state index in [1.807, 2.05) is 37.3 Å². The zero-order valence-electron chi connectivity index (χ0n) is 16.5. The molecule has 1 aromatic carbocycles. The minimum atomic E-state index is -0.855. The summed E-state index contributed by atoms with van der Waals surface area (Å²) in [7, 11) is 0. The molecular weight excluding hydrogens is 367 g/mol. The van der Waals surface area contributed by atoms with Crippen LogP contribution in [0.2, 0.25) is 0 Å². The maximum Gasteiger partial charge on any atom is 0.137 e. The van der Waals surface area contributed by atoms with Gasteiger partial charge in [-0.3, -0.25) is 9.88 Å². The molecule has 2 aromatic heterocycles. The van der Waals surface area contributed by atoms with Crippen LogP contribution in [-0.4, -0.2) is 28.1 Å². The van der Waals surface area contributed by atoms with E-state index in [1.165, 1.54) is 6.07 Å². The number of likely N-dealkylation sites (tertiary alicyclic amines) is 1. The molecule has 2 aliphatic rings. The van der Waals surface area contributed by atoms with Gasteiger partial charge in [0, 0.05) is 25.2 Å². The van der Waals surface area contributed by atoms with E-state index in [2.05, 4.69) is 9.88 Å². The van der Waals surface area contributed by atoms with Crippen molar-refractivity contribution >= 4 is 0 Å². The van der Waals surface area contributed by atoms with Gasteiger partial charge < -0.3 is 9.52 Å². The van der Waals surface area contributed by atoms with Crippen LogP contribution >= 0.6 is 0 Å². The zero-order valence-corrected chi connectivity index (χ0v) is 16.5. The first-order chi connectivity index (χ1) is 14.0. The molecular formula is C24H25FN2O2. The minimum absolute atomic E-state index is 0.178. The molecule has 3 atom stereocenters. The third-order valence-electron chi connectivity index (χ3n) is 6.63. The average molecular weight is 392 g/mol. The smallest absolute Gasteiger partial charge is 0.137 e. The molecule has 3 aromatic rings. The average Bonchev–Trinajstić information content (AvgIpc) is 3.41. The predicted octanol–water partition coefficient (Wildman–Crippen LogP) is 4.52. The van der Waals surface area contributed by atoms with Crippen LogP contribution in [0.1, 0.15) is 29.9 Å². The number of halogens is 1. The number of pyridine rings is 1. The molecule has 0 unspecified atom stereocenters. The largest absolute Gasteiger partial charge is 0.460 e. The van der Waals surface area contributed by atoms with E-state index in [-0.39, 0.29) is 11.7 Å². The van der Waals surface area contributed by atoms with E-state index < -0.39 is 5.60 Å². The monoisotopic (exact) mass is 392 g/mol. The highest BCUT2D eigenvalue weighted by atomic mass is 19.1. The Morgan fingerprint density at radius 2 is 2.03 bits per heavy atom. The first kappa shape index (κ1) is 18.5. The van der Waals surface area contributed by atoms with Crippen molar-refractivity contribution in [2.45, 2.75) is 31.9 Å². The van der Waals surface area contributed by atoms with E-state index in [4.69, 9.17) is 4.42 Å². The molecule has 4 nitrogen and oxygen atoms in total. The Bertz CT molecular complexity index is 1030. The summed E-state index contributed by atoms with van der Waals surface area (Å²) >= 11 is 0. The molecule has 0 amide bonds. The van der Waals surface area contributed by atoms with Crippen molar-refractivity contribution in [2.75, 3.05) is 13.1 Å². The number of fused-ring (bicyclic) bond motifs is 1. The van der Waals surface area contributed by atoms with E-state index in [0.29, 0.717) is 23.8 Å². The van der Waals surface area contributed by atoms with Crippen LogP contribution in [-0.2, 0) is 12.1 Å². The SMILES string of the molecule is Cc1cccnc1[C@]1(O)CC[C@H]2CN(Cc3ccc(-c4ccccc4F)o3)C[C@H]21. The van der Waals surface area contributed by atoms with Crippen LogP contribution in [0.5, 0.6) is 0 Å². The predicted molar refractivity (Wildman–Crippen MR) is 108 cm³/mol. The second-order valence-corrected chi connectivity index (χ2v) is 8.44. The quantitative estimate of drug-likeness (QED) is 0.709. The molecule has 2 fully saturated rings. The lowest BCUT2D eigenvalue weighted by Crippen LogP contribution is -2.36. The summed E-state index contributed by atoms with van der Waals surface area (Å²) in [6.07, 6.45) is 3.55. The fourth-order valence-electron chi connectivity index (χ4n) is 5.24. The van der Waals surface area contributed by atoms with E-state index in [9.17, 15) is 9.50 Å². The van der Waals surface area contributed by atoms with E-state index in [0.717, 1.165) is 42.9 Å². The fourth-order valence-corrected chi connectivity index (χ4v) is 5.24. The molecule has 0 bridgehead atoms.